The van der Waals surface area contributed by atoms with Crippen LogP contribution in [0.5, 0.6) is 5.88 Å². The number of aromatic nitrogens is 3. The van der Waals surface area contributed by atoms with Crippen LogP contribution in [0.4, 0.5) is 0 Å². The van der Waals surface area contributed by atoms with Gasteiger partial charge in [-0.2, -0.15) is 4.40 Å². The summed E-state index contributed by atoms with van der Waals surface area (Å²) in [5.74, 6) is -0.276. The Kier molecular flexibility index (Phi) is 3.84. The molecule has 4 aromatic heterocycles. The predicted molar refractivity (Wildman–Crippen MR) is 93.2 cm³/mol. The molecule has 0 aliphatic rings. The molecule has 8 heteroatoms. The van der Waals surface area contributed by atoms with E-state index in [4.69, 9.17) is 11.6 Å². The largest absolute Gasteiger partial charge is 0.474 e. The molecule has 0 fully saturated rings. The molecule has 1 N–H and O–H groups in total. The molecule has 0 unspecified atom stereocenters. The zero-order valence-corrected chi connectivity index (χ0v) is 14.6. The Morgan fingerprint density at radius 1 is 1.33 bits per heavy atom. The van der Waals surface area contributed by atoms with Gasteiger partial charge in [-0.15, -0.1) is 22.7 Å². The van der Waals surface area contributed by atoms with Crippen molar-refractivity contribution in [3.8, 4) is 5.88 Å². The Morgan fingerprint density at radius 3 is 2.92 bits per heavy atom. The fourth-order valence-electron chi connectivity index (χ4n) is 2.60. The van der Waals surface area contributed by atoms with E-state index >= 15 is 0 Å². The third-order valence-electron chi connectivity index (χ3n) is 3.62. The van der Waals surface area contributed by atoms with Gasteiger partial charge >= 0.3 is 5.88 Å². The normalized spacial score (nSPS) is 11.2. The van der Waals surface area contributed by atoms with Gasteiger partial charge in [-0.1, -0.05) is 23.7 Å². The number of fused-ring (bicyclic) bond motifs is 1. The zero-order chi connectivity index (χ0) is 16.7. The van der Waals surface area contributed by atoms with E-state index in [9.17, 15) is 9.90 Å². The molecule has 0 aliphatic carbocycles. The number of carbonyl (C=O) groups is 1. The first-order chi connectivity index (χ1) is 11.6. The smallest absolute Gasteiger partial charge is 0.339 e. The second kappa shape index (κ2) is 6.01. The van der Waals surface area contributed by atoms with Crippen LogP contribution in [0.25, 0.3) is 5.65 Å². The average molecular weight is 377 g/mol. The van der Waals surface area contributed by atoms with Crippen LogP contribution in [-0.4, -0.2) is 20.4 Å². The molecule has 120 valence electrons. The maximum atomic E-state index is 12.9. The molecule has 0 spiro atoms. The molecule has 0 aromatic carbocycles. The molecular weight excluding hydrogens is 366 g/mol. The lowest BCUT2D eigenvalue weighted by Crippen LogP contribution is -2.19. The van der Waals surface area contributed by atoms with Crippen molar-refractivity contribution in [2.24, 2.45) is 0 Å². The van der Waals surface area contributed by atoms with Crippen molar-refractivity contribution < 1.29 is 14.3 Å². The highest BCUT2D eigenvalue weighted by Gasteiger charge is 2.32. The third-order valence-corrected chi connectivity index (χ3v) is 5.59. The van der Waals surface area contributed by atoms with Gasteiger partial charge in [0, 0.05) is 12.3 Å². The Labute approximate surface area is 150 Å². The SMILES string of the molecule is O=C(c1cccs1)c1c(O)[n+]2ccccc2n1Cc1cnc(Cl)s1. The first-order valence-electron chi connectivity index (χ1n) is 7.05. The summed E-state index contributed by atoms with van der Waals surface area (Å²) < 4.78 is 3.84. The van der Waals surface area contributed by atoms with Gasteiger partial charge in [-0.05, 0) is 17.5 Å². The first kappa shape index (κ1) is 15.3. The van der Waals surface area contributed by atoms with Crippen LogP contribution in [0.2, 0.25) is 4.47 Å². The average Bonchev–Trinajstić information content (AvgIpc) is 3.30. The summed E-state index contributed by atoms with van der Waals surface area (Å²) in [6.07, 6.45) is 3.41. The van der Waals surface area contributed by atoms with E-state index in [1.807, 2.05) is 23.6 Å². The molecular formula is C16H11ClN3O2S2+. The highest BCUT2D eigenvalue weighted by Crippen LogP contribution is 2.26. The zero-order valence-electron chi connectivity index (χ0n) is 12.2. The molecule has 0 saturated carbocycles. The molecule has 4 heterocycles. The number of rotatable bonds is 4. The van der Waals surface area contributed by atoms with Crippen molar-refractivity contribution in [2.75, 3.05) is 0 Å². The number of thiazole rings is 1. The molecule has 0 amide bonds. The summed E-state index contributed by atoms with van der Waals surface area (Å²) in [7, 11) is 0. The number of carbonyl (C=O) groups excluding carboxylic acids is 1. The summed E-state index contributed by atoms with van der Waals surface area (Å²) in [6, 6.07) is 9.10. The second-order valence-corrected chi connectivity index (χ2v) is 7.72. The maximum absolute atomic E-state index is 12.9. The van der Waals surface area contributed by atoms with Gasteiger partial charge < -0.3 is 5.11 Å². The van der Waals surface area contributed by atoms with E-state index in [0.717, 1.165) is 10.5 Å². The van der Waals surface area contributed by atoms with Crippen molar-refractivity contribution in [1.82, 2.24) is 9.55 Å². The fourth-order valence-corrected chi connectivity index (χ4v) is 4.24. The second-order valence-electron chi connectivity index (χ2n) is 5.07. The Bertz CT molecular complexity index is 1040. The molecule has 24 heavy (non-hydrogen) atoms. The summed E-state index contributed by atoms with van der Waals surface area (Å²) in [6.45, 7) is 0.408. The molecule has 4 aromatic rings. The monoisotopic (exact) mass is 376 g/mol. The van der Waals surface area contributed by atoms with Gasteiger partial charge in [0.15, 0.2) is 4.47 Å². The van der Waals surface area contributed by atoms with E-state index in [1.54, 1.807) is 33.5 Å². The lowest BCUT2D eigenvalue weighted by atomic mass is 10.2. The number of hydrogen-bond donors (Lipinski definition) is 1. The van der Waals surface area contributed by atoms with Crippen LogP contribution in [0.1, 0.15) is 20.2 Å². The van der Waals surface area contributed by atoms with Crippen molar-refractivity contribution >= 4 is 45.7 Å². The van der Waals surface area contributed by atoms with Crippen LogP contribution in [0.3, 0.4) is 0 Å². The first-order valence-corrected chi connectivity index (χ1v) is 9.13. The standard InChI is InChI=1S/C16H10ClN3O2S2/c17-16-18-8-10(24-16)9-20-12-5-1-2-6-19(12)15(22)13(20)14(21)11-4-3-7-23-11/h1-8H,9H2/p+1. The number of halogens is 1. The van der Waals surface area contributed by atoms with E-state index in [1.165, 1.54) is 22.7 Å². The number of imidazole rings is 1. The molecule has 0 radical (unpaired) electrons. The lowest BCUT2D eigenvalue weighted by Gasteiger charge is -1.99. The molecule has 0 aliphatic heterocycles. The summed E-state index contributed by atoms with van der Waals surface area (Å²) in [5, 5.41) is 12.5. The van der Waals surface area contributed by atoms with Gasteiger partial charge in [0.25, 0.3) is 11.3 Å². The van der Waals surface area contributed by atoms with Crippen molar-refractivity contribution in [2.45, 2.75) is 6.54 Å². The van der Waals surface area contributed by atoms with Gasteiger partial charge in [0.05, 0.1) is 16.0 Å². The number of pyridine rings is 1. The minimum absolute atomic E-state index is 0.0698. The maximum Gasteiger partial charge on any atom is 0.339 e. The molecule has 0 atom stereocenters. The minimum atomic E-state index is -0.207. The van der Waals surface area contributed by atoms with E-state index in [0.29, 0.717) is 15.9 Å². The number of hydrogen-bond acceptors (Lipinski definition) is 5. The van der Waals surface area contributed by atoms with Gasteiger partial charge in [0.1, 0.15) is 6.54 Å². The lowest BCUT2D eigenvalue weighted by molar-refractivity contribution is -0.521. The van der Waals surface area contributed by atoms with Crippen LogP contribution >= 0.6 is 34.3 Å². The quantitative estimate of drug-likeness (QED) is 0.438. The summed E-state index contributed by atoms with van der Waals surface area (Å²) in [4.78, 5) is 18.4. The van der Waals surface area contributed by atoms with Crippen LogP contribution in [-0.2, 0) is 6.54 Å². The number of nitrogens with zero attached hydrogens (tertiary/aromatic N) is 3. The topological polar surface area (TPSA) is 59.2 Å². The predicted octanol–water partition coefficient (Wildman–Crippen LogP) is 3.38. The van der Waals surface area contributed by atoms with Crippen molar-refractivity contribution in [3.63, 3.8) is 0 Å². The molecule has 5 nitrogen and oxygen atoms in total. The molecule has 0 saturated heterocycles. The van der Waals surface area contributed by atoms with Crippen molar-refractivity contribution in [1.29, 1.82) is 0 Å². The fraction of sp³-hybridized carbons (Fsp3) is 0.0625. The van der Waals surface area contributed by atoms with E-state index < -0.39 is 0 Å². The number of aromatic hydroxyl groups is 1. The van der Waals surface area contributed by atoms with Crippen LogP contribution < -0.4 is 4.40 Å². The van der Waals surface area contributed by atoms with Gasteiger partial charge in [0.2, 0.25) is 5.78 Å². The van der Waals surface area contributed by atoms with E-state index in [-0.39, 0.29) is 17.4 Å². The Morgan fingerprint density at radius 2 is 2.21 bits per heavy atom. The highest BCUT2D eigenvalue weighted by atomic mass is 35.5. The summed E-state index contributed by atoms with van der Waals surface area (Å²) >= 11 is 8.61. The number of ketones is 1. The minimum Gasteiger partial charge on any atom is -0.474 e. The van der Waals surface area contributed by atoms with Crippen molar-refractivity contribution in [3.05, 3.63) is 68.0 Å². The summed E-state index contributed by atoms with van der Waals surface area (Å²) in [5.41, 5.74) is 0.979. The van der Waals surface area contributed by atoms with E-state index in [2.05, 4.69) is 4.98 Å². The Balaban J connectivity index is 1.92. The molecule has 0 bridgehead atoms. The van der Waals surface area contributed by atoms with Crippen LogP contribution in [0.15, 0.2) is 48.1 Å². The van der Waals surface area contributed by atoms with Crippen LogP contribution in [0, 0.1) is 0 Å². The van der Waals surface area contributed by atoms with Gasteiger partial charge in [-0.3, -0.25) is 4.79 Å². The molecule has 4 rings (SSSR count). The Hall–Kier alpha value is -2.22. The van der Waals surface area contributed by atoms with Gasteiger partial charge in [-0.25, -0.2) is 9.55 Å². The third kappa shape index (κ3) is 2.50. The number of thiophene rings is 1. The highest BCUT2D eigenvalue weighted by molar-refractivity contribution is 7.15.